The number of hydrogen-bond donors (Lipinski definition) is 1. The largest absolute Gasteiger partial charge is 0.330 e. The van der Waals surface area contributed by atoms with Crippen LogP contribution in [0.1, 0.15) is 24.3 Å². The van der Waals surface area contributed by atoms with E-state index in [9.17, 15) is 0 Å². The Labute approximate surface area is 110 Å². The zero-order chi connectivity index (χ0) is 11.4. The number of hydrogen-bond acceptors (Lipinski definition) is 2. The third kappa shape index (κ3) is 3.02. The Morgan fingerprint density at radius 1 is 1.38 bits per heavy atom. The summed E-state index contributed by atoms with van der Waals surface area (Å²) in [4.78, 5) is 0. The summed E-state index contributed by atoms with van der Waals surface area (Å²) < 4.78 is 1.14. The number of rotatable bonds is 3. The Bertz CT molecular complexity index is 319. The third-order valence-electron chi connectivity index (χ3n) is 3.32. The van der Waals surface area contributed by atoms with Gasteiger partial charge in [-0.15, -0.1) is 0 Å². The predicted molar refractivity (Wildman–Crippen MR) is 76.0 cm³/mol. The maximum Gasteiger partial charge on any atom is 0.0175 e. The van der Waals surface area contributed by atoms with Crippen LogP contribution in [0.15, 0.2) is 28.7 Å². The van der Waals surface area contributed by atoms with Crippen LogP contribution in [-0.4, -0.2) is 18.1 Å². The molecule has 2 N–H and O–H groups in total. The van der Waals surface area contributed by atoms with Crippen LogP contribution < -0.4 is 5.73 Å². The summed E-state index contributed by atoms with van der Waals surface area (Å²) in [6.45, 7) is 0.771. The minimum atomic E-state index is 0.542. The fourth-order valence-corrected chi connectivity index (χ4v) is 3.90. The van der Waals surface area contributed by atoms with Crippen LogP contribution in [0.5, 0.6) is 0 Å². The molecule has 16 heavy (non-hydrogen) atoms. The van der Waals surface area contributed by atoms with E-state index in [1.165, 1.54) is 29.9 Å². The second kappa shape index (κ2) is 6.08. The van der Waals surface area contributed by atoms with E-state index in [0.717, 1.165) is 16.9 Å². The standard InChI is InChI=1S/C13H18BrNS/c14-12-5-3-10(4-6-12)13(8-15)11-2-1-7-16-9-11/h3-6,11,13H,1-2,7-9,15H2. The van der Waals surface area contributed by atoms with Crippen LogP contribution >= 0.6 is 27.7 Å². The zero-order valence-corrected chi connectivity index (χ0v) is 11.8. The van der Waals surface area contributed by atoms with Crippen molar-refractivity contribution in [3.8, 4) is 0 Å². The summed E-state index contributed by atoms with van der Waals surface area (Å²) in [5, 5.41) is 0. The molecule has 1 aliphatic rings. The van der Waals surface area contributed by atoms with Crippen LogP contribution in [0.2, 0.25) is 0 Å². The highest BCUT2D eigenvalue weighted by atomic mass is 79.9. The van der Waals surface area contributed by atoms with Crippen molar-refractivity contribution < 1.29 is 0 Å². The monoisotopic (exact) mass is 299 g/mol. The lowest BCUT2D eigenvalue weighted by Crippen LogP contribution is -2.25. The summed E-state index contributed by atoms with van der Waals surface area (Å²) >= 11 is 5.56. The average molecular weight is 300 g/mol. The first-order valence-corrected chi connectivity index (χ1v) is 7.79. The summed E-state index contributed by atoms with van der Waals surface area (Å²) in [6, 6.07) is 8.66. The lowest BCUT2D eigenvalue weighted by Gasteiger charge is -2.29. The Balaban J connectivity index is 2.11. The van der Waals surface area contributed by atoms with Gasteiger partial charge in [0.2, 0.25) is 0 Å². The van der Waals surface area contributed by atoms with Crippen molar-refractivity contribution in [2.24, 2.45) is 11.7 Å². The van der Waals surface area contributed by atoms with Gasteiger partial charge >= 0.3 is 0 Å². The van der Waals surface area contributed by atoms with Crippen molar-refractivity contribution in [1.29, 1.82) is 0 Å². The van der Waals surface area contributed by atoms with Crippen LogP contribution in [-0.2, 0) is 0 Å². The van der Waals surface area contributed by atoms with Crippen LogP contribution in [0, 0.1) is 5.92 Å². The molecule has 1 heterocycles. The van der Waals surface area contributed by atoms with E-state index in [4.69, 9.17) is 5.73 Å². The van der Waals surface area contributed by atoms with Gasteiger partial charge in [0.05, 0.1) is 0 Å². The van der Waals surface area contributed by atoms with E-state index in [1.807, 2.05) is 0 Å². The topological polar surface area (TPSA) is 26.0 Å². The molecule has 1 aromatic carbocycles. The minimum absolute atomic E-state index is 0.542. The molecule has 3 heteroatoms. The molecule has 2 rings (SSSR count). The maximum atomic E-state index is 5.95. The molecule has 2 unspecified atom stereocenters. The average Bonchev–Trinajstić information content (AvgIpc) is 2.34. The first-order valence-electron chi connectivity index (χ1n) is 5.84. The summed E-state index contributed by atoms with van der Waals surface area (Å²) in [6.07, 6.45) is 2.69. The van der Waals surface area contributed by atoms with Gasteiger partial charge < -0.3 is 5.73 Å². The van der Waals surface area contributed by atoms with Gasteiger partial charge in [-0.1, -0.05) is 28.1 Å². The van der Waals surface area contributed by atoms with Gasteiger partial charge in [-0.05, 0) is 60.4 Å². The normalized spacial score (nSPS) is 23.0. The van der Waals surface area contributed by atoms with Crippen LogP contribution in [0.3, 0.4) is 0 Å². The van der Waals surface area contributed by atoms with Crippen molar-refractivity contribution in [1.82, 2.24) is 0 Å². The summed E-state index contributed by atoms with van der Waals surface area (Å²) in [7, 11) is 0. The van der Waals surface area contributed by atoms with Crippen molar-refractivity contribution in [2.45, 2.75) is 18.8 Å². The molecule has 1 fully saturated rings. The molecule has 0 spiro atoms. The summed E-state index contributed by atoms with van der Waals surface area (Å²) in [5.74, 6) is 3.91. The highest BCUT2D eigenvalue weighted by molar-refractivity contribution is 9.10. The van der Waals surface area contributed by atoms with Gasteiger partial charge in [0.25, 0.3) is 0 Å². The van der Waals surface area contributed by atoms with E-state index in [2.05, 4.69) is 52.0 Å². The lowest BCUT2D eigenvalue weighted by molar-refractivity contribution is 0.430. The van der Waals surface area contributed by atoms with Crippen molar-refractivity contribution in [3.63, 3.8) is 0 Å². The van der Waals surface area contributed by atoms with Gasteiger partial charge in [0.15, 0.2) is 0 Å². The van der Waals surface area contributed by atoms with E-state index in [1.54, 1.807) is 0 Å². The van der Waals surface area contributed by atoms with Gasteiger partial charge in [-0.2, -0.15) is 11.8 Å². The van der Waals surface area contributed by atoms with Crippen LogP contribution in [0.4, 0.5) is 0 Å². The van der Waals surface area contributed by atoms with Crippen LogP contribution in [0.25, 0.3) is 0 Å². The molecule has 1 saturated heterocycles. The molecule has 0 aliphatic carbocycles. The lowest BCUT2D eigenvalue weighted by atomic mass is 9.84. The molecule has 1 aromatic rings. The van der Waals surface area contributed by atoms with Crippen molar-refractivity contribution in [2.75, 3.05) is 18.1 Å². The van der Waals surface area contributed by atoms with Crippen molar-refractivity contribution in [3.05, 3.63) is 34.3 Å². The fraction of sp³-hybridized carbons (Fsp3) is 0.538. The highest BCUT2D eigenvalue weighted by Gasteiger charge is 2.24. The molecule has 1 nitrogen and oxygen atoms in total. The maximum absolute atomic E-state index is 5.95. The third-order valence-corrected chi connectivity index (χ3v) is 5.09. The molecule has 0 saturated carbocycles. The number of thioether (sulfide) groups is 1. The number of halogens is 1. The molecule has 0 amide bonds. The molecule has 2 atom stereocenters. The Morgan fingerprint density at radius 2 is 2.12 bits per heavy atom. The Hall–Kier alpha value is 0.01000. The number of benzene rings is 1. The molecule has 0 aromatic heterocycles. The molecular formula is C13H18BrNS. The van der Waals surface area contributed by atoms with E-state index in [0.29, 0.717) is 5.92 Å². The van der Waals surface area contributed by atoms with E-state index in [-0.39, 0.29) is 0 Å². The molecule has 88 valence electrons. The highest BCUT2D eigenvalue weighted by Crippen LogP contribution is 2.34. The first-order chi connectivity index (χ1) is 7.81. The molecule has 0 bridgehead atoms. The summed E-state index contributed by atoms with van der Waals surface area (Å²) in [5.41, 5.74) is 7.35. The molecule has 1 aliphatic heterocycles. The first kappa shape index (κ1) is 12.5. The Morgan fingerprint density at radius 3 is 2.69 bits per heavy atom. The Kier molecular flexibility index (Phi) is 4.74. The SMILES string of the molecule is NCC(c1ccc(Br)cc1)C1CCCSC1. The van der Waals surface area contributed by atoms with Crippen molar-refractivity contribution >= 4 is 27.7 Å². The second-order valence-electron chi connectivity index (χ2n) is 4.37. The van der Waals surface area contributed by atoms with Gasteiger partial charge in [0, 0.05) is 4.47 Å². The van der Waals surface area contributed by atoms with E-state index >= 15 is 0 Å². The number of nitrogens with two attached hydrogens (primary N) is 1. The smallest absolute Gasteiger partial charge is 0.0175 e. The fourth-order valence-electron chi connectivity index (χ4n) is 2.39. The minimum Gasteiger partial charge on any atom is -0.330 e. The van der Waals surface area contributed by atoms with Gasteiger partial charge in [-0.3, -0.25) is 0 Å². The van der Waals surface area contributed by atoms with E-state index < -0.39 is 0 Å². The van der Waals surface area contributed by atoms with Gasteiger partial charge in [-0.25, -0.2) is 0 Å². The second-order valence-corrected chi connectivity index (χ2v) is 6.44. The van der Waals surface area contributed by atoms with Gasteiger partial charge in [0.1, 0.15) is 0 Å². The molecule has 0 radical (unpaired) electrons. The zero-order valence-electron chi connectivity index (χ0n) is 9.36. The molecular weight excluding hydrogens is 282 g/mol. The predicted octanol–water partition coefficient (Wildman–Crippen LogP) is 3.63. The quantitative estimate of drug-likeness (QED) is 0.922.